The van der Waals surface area contributed by atoms with Crippen molar-refractivity contribution in [3.05, 3.63) is 83.4 Å². The van der Waals surface area contributed by atoms with Crippen LogP contribution in [-0.4, -0.2) is 111 Å². The fraction of sp³-hybridized carbons (Fsp3) is 0.441. The fourth-order valence-corrected chi connectivity index (χ4v) is 7.88. The first kappa shape index (κ1) is 47.3. The summed E-state index contributed by atoms with van der Waals surface area (Å²) in [6.07, 6.45) is -11.6. The molecule has 2 saturated heterocycles. The van der Waals surface area contributed by atoms with Gasteiger partial charge in [-0.2, -0.15) is 18.2 Å². The van der Waals surface area contributed by atoms with Crippen molar-refractivity contribution in [2.24, 2.45) is 0 Å². The van der Waals surface area contributed by atoms with Crippen LogP contribution < -0.4 is 22.5 Å². The molecule has 2 unspecified atom stereocenters. The molecule has 0 saturated carbocycles. The molecule has 2 aliphatic rings. The number of alkyl halides is 3. The van der Waals surface area contributed by atoms with Gasteiger partial charge in [0.2, 0.25) is 5.91 Å². The Balaban J connectivity index is 1.25. The lowest BCUT2D eigenvalue weighted by Gasteiger charge is -2.25. The Labute approximate surface area is 352 Å². The zero-order chi connectivity index (χ0) is 45.9. The number of nitrogens with zero attached hydrogens (tertiary/aromatic N) is 6. The van der Waals surface area contributed by atoms with Crippen LogP contribution in [0.4, 0.5) is 24.8 Å². The number of phosphoric ester groups is 2. The van der Waals surface area contributed by atoms with Crippen LogP contribution in [0.5, 0.6) is 0 Å². The van der Waals surface area contributed by atoms with Gasteiger partial charge in [0.15, 0.2) is 23.8 Å². The number of rotatable bonds is 18. The molecule has 0 aliphatic carbocycles. The standard InChI is InChI=1S/C34H40F3N9O15P2/c1-2-3-4-24(47)43-19(11-17-5-7-18(8-6-17)34(35,36)37)32(49)60-28-22(59-31(27(28)48)46-16-42-26-29(39)40-15-41-30(26)46)14-57-63(54,55)61-20-12-25(45-10-9-23(38)44-33(45)50)58-21(20)13-56-62(51,52)53/h2,5-10,15-16,19-22,25,27-28,31,48H,1,3-4,11-14H2,(H,43,47)(H,54,55)(H2,38,44,50)(H2,39,40,41)(H2,51,52,53)/t19?,20-,21+,22-,25+,27+,28+,31+/m0/s1. The van der Waals surface area contributed by atoms with Crippen molar-refractivity contribution in [3.8, 4) is 0 Å². The van der Waals surface area contributed by atoms with E-state index in [4.69, 9.17) is 34.7 Å². The number of amides is 1. The van der Waals surface area contributed by atoms with Crippen LogP contribution >= 0.6 is 15.6 Å². The van der Waals surface area contributed by atoms with Gasteiger partial charge in [0.25, 0.3) is 0 Å². The molecule has 9 atom stereocenters. The molecular formula is C34H40F3N9O15P2. The lowest BCUT2D eigenvalue weighted by Crippen LogP contribution is -2.47. The maximum absolute atomic E-state index is 13.9. The summed E-state index contributed by atoms with van der Waals surface area (Å²) >= 11 is 0. The summed E-state index contributed by atoms with van der Waals surface area (Å²) in [6, 6.07) is 3.44. The van der Waals surface area contributed by atoms with Crippen LogP contribution in [0.25, 0.3) is 11.2 Å². The maximum atomic E-state index is 13.9. The topological polar surface area (TPSA) is 347 Å². The molecule has 0 spiro atoms. The second kappa shape index (κ2) is 19.3. The van der Waals surface area contributed by atoms with Gasteiger partial charge in [0.1, 0.15) is 54.3 Å². The summed E-state index contributed by atoms with van der Waals surface area (Å²) in [5.74, 6) is -2.06. The van der Waals surface area contributed by atoms with E-state index in [2.05, 4.69) is 36.4 Å². The molecule has 0 bridgehead atoms. The van der Waals surface area contributed by atoms with E-state index >= 15 is 0 Å². The number of benzene rings is 1. The number of hydrogen-bond donors (Lipinski definition) is 7. The van der Waals surface area contributed by atoms with E-state index < -0.39 is 114 Å². The number of nitrogen functional groups attached to an aromatic ring is 2. The largest absolute Gasteiger partial charge is 0.472 e. The molecule has 24 nitrogen and oxygen atoms in total. The van der Waals surface area contributed by atoms with Crippen molar-refractivity contribution in [2.75, 3.05) is 24.7 Å². The molecule has 0 radical (unpaired) electrons. The lowest BCUT2D eigenvalue weighted by atomic mass is 10.0. The SMILES string of the molecule is C=CCCC(=O)NC(Cc1ccc(C(F)(F)F)cc1)C(=O)O[C@H]1[C@@H](O)[C@H](n2cnc3c(N)ncnc32)O[C@H]1COP(=O)(O)O[C@H]1C[C@H](n2ccc(N)nc2=O)O[C@@H]1COP(=O)(O)O. The highest BCUT2D eigenvalue weighted by atomic mass is 31.2. The molecule has 1 amide bonds. The number of nitrogens with one attached hydrogen (secondary N) is 1. The molecule has 63 heavy (non-hydrogen) atoms. The van der Waals surface area contributed by atoms with Gasteiger partial charge in [-0.1, -0.05) is 18.2 Å². The van der Waals surface area contributed by atoms with Crippen molar-refractivity contribution < 1.29 is 79.5 Å². The van der Waals surface area contributed by atoms with Crippen molar-refractivity contribution in [1.82, 2.24) is 34.4 Å². The van der Waals surface area contributed by atoms with Gasteiger partial charge in [-0.05, 0) is 30.2 Å². The zero-order valence-electron chi connectivity index (χ0n) is 32.4. The minimum absolute atomic E-state index is 0.0405. The Bertz CT molecular complexity index is 2460. The van der Waals surface area contributed by atoms with E-state index in [-0.39, 0.29) is 47.6 Å². The molecule has 9 N–H and O–H groups in total. The van der Waals surface area contributed by atoms with Crippen molar-refractivity contribution in [2.45, 2.75) is 80.9 Å². The number of imidazole rings is 1. The van der Waals surface area contributed by atoms with Crippen LogP contribution in [0, 0.1) is 0 Å². The zero-order valence-corrected chi connectivity index (χ0v) is 34.2. The molecule has 4 aromatic rings. The average molecular weight is 934 g/mol. The summed E-state index contributed by atoms with van der Waals surface area (Å²) in [4.78, 5) is 84.5. The van der Waals surface area contributed by atoms with Gasteiger partial charge in [0, 0.05) is 25.5 Å². The Morgan fingerprint density at radius 1 is 1.03 bits per heavy atom. The first-order valence-corrected chi connectivity index (χ1v) is 21.5. The Kier molecular flexibility index (Phi) is 14.5. The molecule has 342 valence electrons. The fourth-order valence-electron chi connectivity index (χ4n) is 6.58. The predicted molar refractivity (Wildman–Crippen MR) is 206 cm³/mol. The molecular weight excluding hydrogens is 893 g/mol. The molecule has 29 heteroatoms. The lowest BCUT2D eigenvalue weighted by molar-refractivity contribution is -0.160. The van der Waals surface area contributed by atoms with Crippen LogP contribution in [0.15, 0.2) is 66.6 Å². The van der Waals surface area contributed by atoms with Crippen LogP contribution in [-0.2, 0) is 59.1 Å². The normalized spacial score (nSPS) is 24.2. The summed E-state index contributed by atoms with van der Waals surface area (Å²) in [7, 11) is -10.4. The smallest absolute Gasteiger partial charge is 0.455 e. The highest BCUT2D eigenvalue weighted by molar-refractivity contribution is 7.47. The minimum atomic E-state index is -5.31. The number of aromatic nitrogens is 6. The van der Waals surface area contributed by atoms with E-state index in [1.54, 1.807) is 0 Å². The summed E-state index contributed by atoms with van der Waals surface area (Å²) in [6.45, 7) is 1.66. The van der Waals surface area contributed by atoms with Crippen molar-refractivity contribution >= 4 is 50.3 Å². The third-order valence-electron chi connectivity index (χ3n) is 9.56. The maximum Gasteiger partial charge on any atom is 0.472 e. The number of hydrogen-bond acceptors (Lipinski definition) is 18. The molecule has 6 rings (SSSR count). The molecule has 2 aliphatic heterocycles. The number of carbonyl (C=O) groups is 2. The number of halogens is 3. The van der Waals surface area contributed by atoms with E-state index in [9.17, 15) is 56.5 Å². The van der Waals surface area contributed by atoms with E-state index in [1.165, 1.54) is 22.9 Å². The average Bonchev–Trinajstić information content (AvgIpc) is 3.90. The number of ether oxygens (including phenoxy) is 3. The highest BCUT2D eigenvalue weighted by Crippen LogP contribution is 2.50. The summed E-state index contributed by atoms with van der Waals surface area (Å²) in [5, 5.41) is 14.1. The van der Waals surface area contributed by atoms with Crippen molar-refractivity contribution in [3.63, 3.8) is 0 Å². The van der Waals surface area contributed by atoms with Gasteiger partial charge in [0.05, 0.1) is 25.1 Å². The molecule has 2 fully saturated rings. The van der Waals surface area contributed by atoms with Gasteiger partial charge >= 0.3 is 33.5 Å². The molecule has 5 heterocycles. The highest BCUT2D eigenvalue weighted by Gasteiger charge is 2.50. The second-order valence-corrected chi connectivity index (χ2v) is 16.6. The number of esters is 1. The molecule has 1 aromatic carbocycles. The Morgan fingerprint density at radius 3 is 2.41 bits per heavy atom. The number of nitrogens with two attached hydrogens (primary N) is 2. The number of phosphoric acid groups is 2. The van der Waals surface area contributed by atoms with Crippen LogP contribution in [0.2, 0.25) is 0 Å². The van der Waals surface area contributed by atoms with Gasteiger partial charge in [-0.3, -0.25) is 27.5 Å². The minimum Gasteiger partial charge on any atom is -0.455 e. The van der Waals surface area contributed by atoms with Crippen molar-refractivity contribution in [1.29, 1.82) is 0 Å². The number of fused-ring (bicyclic) bond motifs is 1. The monoisotopic (exact) mass is 933 g/mol. The quantitative estimate of drug-likeness (QED) is 0.0416. The van der Waals surface area contributed by atoms with Crippen LogP contribution in [0.3, 0.4) is 0 Å². The van der Waals surface area contributed by atoms with E-state index in [0.717, 1.165) is 41.5 Å². The summed E-state index contributed by atoms with van der Waals surface area (Å²) < 4.78 is 99.5. The van der Waals surface area contributed by atoms with E-state index in [1.807, 2.05) is 0 Å². The van der Waals surface area contributed by atoms with Gasteiger partial charge in [-0.15, -0.1) is 6.58 Å². The second-order valence-electron chi connectivity index (χ2n) is 14.0. The number of aliphatic hydroxyl groups excluding tert-OH is 1. The molecule has 3 aromatic heterocycles. The number of carbonyl (C=O) groups excluding carboxylic acids is 2. The van der Waals surface area contributed by atoms with E-state index in [0.29, 0.717) is 0 Å². The third kappa shape index (κ3) is 11.9. The first-order chi connectivity index (χ1) is 29.6. The first-order valence-electron chi connectivity index (χ1n) is 18.5. The Hall–Kier alpha value is -5.18. The number of allylic oxidation sites excluding steroid dienone is 1. The Morgan fingerprint density at radius 2 is 1.75 bits per heavy atom. The van der Waals surface area contributed by atoms with Gasteiger partial charge < -0.3 is 50.8 Å². The van der Waals surface area contributed by atoms with Crippen LogP contribution in [0.1, 0.15) is 42.8 Å². The number of anilines is 2. The number of aliphatic hydroxyl groups is 1. The predicted octanol–water partition coefficient (Wildman–Crippen LogP) is 1.03. The van der Waals surface area contributed by atoms with Gasteiger partial charge in [-0.25, -0.2) is 33.7 Å². The third-order valence-corrected chi connectivity index (χ3v) is 11.1. The summed E-state index contributed by atoms with van der Waals surface area (Å²) in [5.41, 5.74) is 9.90.